The van der Waals surface area contributed by atoms with E-state index >= 15 is 0 Å². The van der Waals surface area contributed by atoms with Crippen molar-refractivity contribution >= 4 is 8.32 Å². The van der Waals surface area contributed by atoms with E-state index in [1.165, 1.54) is 12.8 Å². The van der Waals surface area contributed by atoms with Gasteiger partial charge in [-0.2, -0.15) is 0 Å². The van der Waals surface area contributed by atoms with Crippen molar-refractivity contribution < 1.29 is 9.53 Å². The zero-order valence-corrected chi connectivity index (χ0v) is 15.2. The van der Waals surface area contributed by atoms with E-state index in [0.717, 1.165) is 12.8 Å². The van der Waals surface area contributed by atoms with Gasteiger partial charge >= 0.3 is 0 Å². The van der Waals surface area contributed by atoms with E-state index in [0.29, 0.717) is 23.2 Å². The number of unbranched alkanes of at least 4 members (excludes halogenated alkanes) is 2. The van der Waals surface area contributed by atoms with Crippen LogP contribution in [0, 0.1) is 0 Å². The largest absolute Gasteiger partial charge is 0.413 e. The van der Waals surface area contributed by atoms with Crippen LogP contribution >= 0.6 is 0 Å². The predicted octanol–water partition coefficient (Wildman–Crippen LogP) is 5.12. The molecule has 0 aliphatic carbocycles. The Kier molecular flexibility index (Phi) is 9.21. The minimum Gasteiger partial charge on any atom is -0.413 e. The molecule has 0 saturated carbocycles. The van der Waals surface area contributed by atoms with E-state index in [1.807, 2.05) is 0 Å². The number of aliphatic hydroxyl groups is 1. The number of aliphatic hydroxyl groups excluding tert-OH is 1. The fourth-order valence-corrected chi connectivity index (χ4v) is 8.93. The molecule has 0 spiro atoms. The minimum absolute atomic E-state index is 0.283. The quantitative estimate of drug-likeness (QED) is 0.446. The zero-order valence-electron chi connectivity index (χ0n) is 14.2. The van der Waals surface area contributed by atoms with E-state index in [9.17, 15) is 5.11 Å². The molecule has 0 rings (SSSR count). The van der Waals surface area contributed by atoms with Crippen LogP contribution in [0.5, 0.6) is 0 Å². The van der Waals surface area contributed by atoms with Crippen molar-refractivity contribution in [3.8, 4) is 0 Å². The molecule has 0 aromatic heterocycles. The summed E-state index contributed by atoms with van der Waals surface area (Å²) >= 11 is 0. The molecule has 0 radical (unpaired) electrons. The molecule has 0 aliphatic rings. The van der Waals surface area contributed by atoms with E-state index in [4.69, 9.17) is 4.43 Å². The third-order valence-corrected chi connectivity index (χ3v) is 10.5. The van der Waals surface area contributed by atoms with E-state index in [1.54, 1.807) is 0 Å². The van der Waals surface area contributed by atoms with Crippen molar-refractivity contribution in [2.75, 3.05) is 6.61 Å². The summed E-state index contributed by atoms with van der Waals surface area (Å²) in [6.45, 7) is 16.4. The number of hydrogen-bond acceptors (Lipinski definition) is 2. The Morgan fingerprint density at radius 1 is 0.895 bits per heavy atom. The lowest BCUT2D eigenvalue weighted by Gasteiger charge is -2.42. The molecule has 1 N–H and O–H groups in total. The third kappa shape index (κ3) is 5.56. The SMILES string of the molecule is CCCCC[C@H](O)CO[Si](C(C)C)(C(C)C)C(C)C. The normalized spacial score (nSPS) is 14.7. The second kappa shape index (κ2) is 9.14. The van der Waals surface area contributed by atoms with Crippen molar-refractivity contribution in [2.45, 2.75) is 96.9 Å². The average molecular weight is 289 g/mol. The zero-order chi connectivity index (χ0) is 15.1. The second-order valence-corrected chi connectivity index (χ2v) is 12.2. The Morgan fingerprint density at radius 3 is 1.74 bits per heavy atom. The van der Waals surface area contributed by atoms with Crippen LogP contribution in [0.15, 0.2) is 0 Å². The lowest BCUT2D eigenvalue weighted by Crippen LogP contribution is -2.49. The minimum atomic E-state index is -1.80. The van der Waals surface area contributed by atoms with Gasteiger partial charge in [-0.05, 0) is 23.0 Å². The fourth-order valence-electron chi connectivity index (χ4n) is 3.45. The molecule has 2 nitrogen and oxygen atoms in total. The van der Waals surface area contributed by atoms with Crippen LogP contribution in [-0.4, -0.2) is 26.1 Å². The average Bonchev–Trinajstić information content (AvgIpc) is 2.28. The first-order valence-electron chi connectivity index (χ1n) is 8.10. The van der Waals surface area contributed by atoms with E-state index < -0.39 is 8.32 Å². The summed E-state index contributed by atoms with van der Waals surface area (Å²) in [5, 5.41) is 10.1. The summed E-state index contributed by atoms with van der Waals surface area (Å²) in [4.78, 5) is 0. The van der Waals surface area contributed by atoms with Gasteiger partial charge in [0.05, 0.1) is 12.7 Å². The molecule has 0 unspecified atom stereocenters. The number of hydrogen-bond donors (Lipinski definition) is 1. The van der Waals surface area contributed by atoms with Crippen molar-refractivity contribution in [3.05, 3.63) is 0 Å². The molecule has 0 aromatic rings. The summed E-state index contributed by atoms with van der Waals surface area (Å²) in [6, 6.07) is 0. The van der Waals surface area contributed by atoms with Crippen LogP contribution in [0.25, 0.3) is 0 Å². The van der Waals surface area contributed by atoms with Crippen LogP contribution in [0.1, 0.15) is 74.1 Å². The molecule has 116 valence electrons. The topological polar surface area (TPSA) is 29.5 Å². The van der Waals surface area contributed by atoms with Gasteiger partial charge in [0.1, 0.15) is 0 Å². The Hall–Kier alpha value is 0.137. The summed E-state index contributed by atoms with van der Waals surface area (Å²) < 4.78 is 6.40. The summed E-state index contributed by atoms with van der Waals surface area (Å²) in [7, 11) is -1.80. The fraction of sp³-hybridized carbons (Fsp3) is 1.00. The first-order valence-corrected chi connectivity index (χ1v) is 10.2. The van der Waals surface area contributed by atoms with Gasteiger partial charge in [-0.15, -0.1) is 0 Å². The molecule has 19 heavy (non-hydrogen) atoms. The maximum Gasteiger partial charge on any atom is 0.200 e. The van der Waals surface area contributed by atoms with E-state index in [2.05, 4.69) is 48.5 Å². The van der Waals surface area contributed by atoms with Crippen molar-refractivity contribution in [1.29, 1.82) is 0 Å². The lowest BCUT2D eigenvalue weighted by molar-refractivity contribution is 0.0884. The molecule has 0 fully saturated rings. The van der Waals surface area contributed by atoms with E-state index in [-0.39, 0.29) is 6.10 Å². The predicted molar refractivity (Wildman–Crippen MR) is 87.1 cm³/mol. The highest BCUT2D eigenvalue weighted by Gasteiger charge is 2.45. The van der Waals surface area contributed by atoms with Gasteiger partial charge < -0.3 is 9.53 Å². The maximum absolute atomic E-state index is 10.1. The van der Waals surface area contributed by atoms with Gasteiger partial charge in [-0.3, -0.25) is 0 Å². The molecular formula is C16H36O2Si. The van der Waals surface area contributed by atoms with Crippen molar-refractivity contribution in [3.63, 3.8) is 0 Å². The molecule has 3 heteroatoms. The van der Waals surface area contributed by atoms with Crippen LogP contribution in [0.3, 0.4) is 0 Å². The molecule has 0 heterocycles. The van der Waals surface area contributed by atoms with Gasteiger partial charge in [0.15, 0.2) is 8.32 Å². The second-order valence-electron chi connectivity index (χ2n) is 6.78. The van der Waals surface area contributed by atoms with Gasteiger partial charge in [-0.25, -0.2) is 0 Å². The van der Waals surface area contributed by atoms with Crippen LogP contribution in [0.2, 0.25) is 16.6 Å². The molecule has 0 saturated heterocycles. The monoisotopic (exact) mass is 288 g/mol. The smallest absolute Gasteiger partial charge is 0.200 e. The summed E-state index contributed by atoms with van der Waals surface area (Å²) in [5.74, 6) is 0. The lowest BCUT2D eigenvalue weighted by atomic mass is 10.1. The molecule has 0 aromatic carbocycles. The van der Waals surface area contributed by atoms with Crippen molar-refractivity contribution in [1.82, 2.24) is 0 Å². The molecule has 1 atom stereocenters. The molecule has 0 aliphatic heterocycles. The molecule has 0 amide bonds. The highest BCUT2D eigenvalue weighted by atomic mass is 28.4. The molecule has 0 bridgehead atoms. The Bertz CT molecular complexity index is 205. The van der Waals surface area contributed by atoms with Crippen LogP contribution < -0.4 is 0 Å². The van der Waals surface area contributed by atoms with Crippen LogP contribution in [0.4, 0.5) is 0 Å². The third-order valence-electron chi connectivity index (χ3n) is 4.37. The Labute approximate surface area is 122 Å². The van der Waals surface area contributed by atoms with Gasteiger partial charge in [0.25, 0.3) is 0 Å². The summed E-state index contributed by atoms with van der Waals surface area (Å²) in [6.07, 6.45) is 4.12. The highest BCUT2D eigenvalue weighted by Crippen LogP contribution is 2.42. The standard InChI is InChI=1S/C16H36O2Si/c1-8-9-10-11-16(17)12-18-19(13(2)3,14(4)5)15(6)7/h13-17H,8-12H2,1-7H3/t16-/m0/s1. The maximum atomic E-state index is 10.1. The van der Waals surface area contributed by atoms with Gasteiger partial charge in [0, 0.05) is 0 Å². The number of rotatable bonds is 10. The van der Waals surface area contributed by atoms with Gasteiger partial charge in [0.2, 0.25) is 0 Å². The van der Waals surface area contributed by atoms with Crippen molar-refractivity contribution in [2.24, 2.45) is 0 Å². The Morgan fingerprint density at radius 2 is 1.37 bits per heavy atom. The first-order chi connectivity index (χ1) is 8.78. The Balaban J connectivity index is 4.50. The summed E-state index contributed by atoms with van der Waals surface area (Å²) in [5.41, 5.74) is 1.78. The first kappa shape index (κ1) is 19.1. The highest BCUT2D eigenvalue weighted by molar-refractivity contribution is 6.77. The van der Waals surface area contributed by atoms with Crippen LogP contribution in [-0.2, 0) is 4.43 Å². The van der Waals surface area contributed by atoms with Gasteiger partial charge in [-0.1, -0.05) is 67.7 Å². The molecular weight excluding hydrogens is 252 g/mol.